The predicted octanol–water partition coefficient (Wildman–Crippen LogP) is 3.56. The molecule has 0 radical (unpaired) electrons. The van der Waals surface area contributed by atoms with Crippen LogP contribution in [0.3, 0.4) is 0 Å². The Hall–Kier alpha value is -2.84. The number of methoxy groups -OCH3 is 1. The summed E-state index contributed by atoms with van der Waals surface area (Å²) in [5.74, 6) is 1.72. The number of amides is 1. The van der Waals surface area contributed by atoms with Crippen LogP contribution < -0.4 is 14.8 Å². The number of benzene rings is 1. The molecule has 0 unspecified atom stereocenters. The van der Waals surface area contributed by atoms with Crippen LogP contribution in [0.1, 0.15) is 26.9 Å². The normalized spacial score (nSPS) is 13.8. The molecule has 1 aliphatic rings. The molecule has 146 valence electrons. The zero-order valence-corrected chi connectivity index (χ0v) is 16.5. The summed E-state index contributed by atoms with van der Waals surface area (Å²) in [6.07, 6.45) is 0.906. The molecule has 0 saturated carbocycles. The van der Waals surface area contributed by atoms with Crippen molar-refractivity contribution in [2.45, 2.75) is 19.6 Å². The monoisotopic (exact) mass is 399 g/mol. The van der Waals surface area contributed by atoms with Gasteiger partial charge >= 0.3 is 0 Å². The number of para-hydroxylation sites is 2. The Balaban J connectivity index is 1.38. The van der Waals surface area contributed by atoms with Crippen molar-refractivity contribution in [1.82, 2.24) is 9.88 Å². The number of nitrogens with one attached hydrogen (secondary N) is 1. The quantitative estimate of drug-likeness (QED) is 0.683. The third-order valence-corrected chi connectivity index (χ3v) is 5.46. The van der Waals surface area contributed by atoms with Crippen molar-refractivity contribution in [3.8, 4) is 11.5 Å². The number of hydrogen-bond acceptors (Lipinski definition) is 7. The first-order chi connectivity index (χ1) is 13.6. The number of thiazole rings is 1. The van der Waals surface area contributed by atoms with Gasteiger partial charge in [0.25, 0.3) is 5.91 Å². The summed E-state index contributed by atoms with van der Waals surface area (Å²) in [5.41, 5.74) is 1.07. The van der Waals surface area contributed by atoms with Crippen LogP contribution in [-0.2, 0) is 19.6 Å². The van der Waals surface area contributed by atoms with Crippen LogP contribution in [0.4, 0.5) is 5.13 Å². The molecule has 2 aromatic heterocycles. The number of fused-ring (bicyclic) bond motifs is 1. The molecule has 1 amide bonds. The van der Waals surface area contributed by atoms with Crippen molar-refractivity contribution in [2.75, 3.05) is 26.0 Å². The van der Waals surface area contributed by atoms with E-state index in [-0.39, 0.29) is 18.3 Å². The second kappa shape index (κ2) is 8.04. The lowest BCUT2D eigenvalue weighted by molar-refractivity contribution is 0.0992. The van der Waals surface area contributed by atoms with Crippen molar-refractivity contribution in [3.05, 3.63) is 58.5 Å². The minimum absolute atomic E-state index is 0.200. The van der Waals surface area contributed by atoms with E-state index in [0.29, 0.717) is 22.4 Å². The van der Waals surface area contributed by atoms with E-state index in [1.807, 2.05) is 24.3 Å². The topological polar surface area (TPSA) is 76.8 Å². The summed E-state index contributed by atoms with van der Waals surface area (Å²) in [4.78, 5) is 20.4. The third-order valence-electron chi connectivity index (χ3n) is 4.47. The number of nitrogens with zero attached hydrogens (tertiary/aromatic N) is 2. The Morgan fingerprint density at radius 3 is 2.93 bits per heavy atom. The van der Waals surface area contributed by atoms with Gasteiger partial charge in [0.1, 0.15) is 12.4 Å². The van der Waals surface area contributed by atoms with Gasteiger partial charge in [-0.05, 0) is 31.3 Å². The molecule has 7 nitrogen and oxygen atoms in total. The summed E-state index contributed by atoms with van der Waals surface area (Å²) in [6.45, 7) is 2.05. The summed E-state index contributed by atoms with van der Waals surface area (Å²) in [7, 11) is 3.67. The number of anilines is 1. The smallest absolute Gasteiger partial charge is 0.293 e. The Kier molecular flexibility index (Phi) is 5.31. The average Bonchev–Trinajstić information content (AvgIpc) is 3.32. The lowest BCUT2D eigenvalue weighted by Crippen LogP contribution is -2.25. The van der Waals surface area contributed by atoms with Crippen molar-refractivity contribution >= 4 is 22.4 Å². The molecule has 0 aliphatic carbocycles. The molecule has 0 spiro atoms. The number of hydrogen-bond donors (Lipinski definition) is 1. The second-order valence-corrected chi connectivity index (χ2v) is 7.62. The highest BCUT2D eigenvalue weighted by Crippen LogP contribution is 2.29. The summed E-state index contributed by atoms with van der Waals surface area (Å²) in [5, 5.41) is 3.44. The van der Waals surface area contributed by atoms with E-state index in [1.54, 1.807) is 19.2 Å². The SMILES string of the molecule is COc1ccccc1OCc1ccc(C(=O)Nc2nc3c(s2)CN(C)CC3)o1. The van der Waals surface area contributed by atoms with Crippen LogP contribution in [0.25, 0.3) is 0 Å². The maximum Gasteiger partial charge on any atom is 0.293 e. The molecule has 1 N–H and O–H groups in total. The molecular formula is C20H21N3O4S. The number of ether oxygens (including phenoxy) is 2. The van der Waals surface area contributed by atoms with E-state index < -0.39 is 0 Å². The van der Waals surface area contributed by atoms with Crippen molar-refractivity contribution in [3.63, 3.8) is 0 Å². The molecule has 28 heavy (non-hydrogen) atoms. The number of aromatic nitrogens is 1. The Morgan fingerprint density at radius 1 is 1.29 bits per heavy atom. The third kappa shape index (κ3) is 4.02. The van der Waals surface area contributed by atoms with Gasteiger partial charge in [-0.3, -0.25) is 10.1 Å². The maximum absolute atomic E-state index is 12.5. The summed E-state index contributed by atoms with van der Waals surface area (Å²) < 4.78 is 16.6. The highest BCUT2D eigenvalue weighted by atomic mass is 32.1. The lowest BCUT2D eigenvalue weighted by atomic mass is 10.2. The van der Waals surface area contributed by atoms with Gasteiger partial charge in [-0.1, -0.05) is 12.1 Å². The molecule has 8 heteroatoms. The number of likely N-dealkylation sites (N-methyl/N-ethyl adjacent to an activating group) is 1. The number of furan rings is 1. The minimum Gasteiger partial charge on any atom is -0.493 e. The molecule has 0 fully saturated rings. The predicted molar refractivity (Wildman–Crippen MR) is 106 cm³/mol. The molecule has 3 heterocycles. The fourth-order valence-corrected chi connectivity index (χ4v) is 4.08. The van der Waals surface area contributed by atoms with Gasteiger partial charge in [-0.25, -0.2) is 4.98 Å². The highest BCUT2D eigenvalue weighted by Gasteiger charge is 2.20. The number of carbonyl (C=O) groups is 1. The van der Waals surface area contributed by atoms with Gasteiger partial charge in [0, 0.05) is 24.4 Å². The van der Waals surface area contributed by atoms with E-state index in [9.17, 15) is 4.79 Å². The first kappa shape index (κ1) is 18.5. The van der Waals surface area contributed by atoms with E-state index in [0.717, 1.165) is 25.2 Å². The molecule has 1 aromatic carbocycles. The van der Waals surface area contributed by atoms with E-state index in [2.05, 4.69) is 22.2 Å². The number of carbonyl (C=O) groups excluding carboxylic acids is 1. The maximum atomic E-state index is 12.5. The first-order valence-corrected chi connectivity index (χ1v) is 9.77. The standard InChI is InChI=1S/C20H21N3O4S/c1-23-10-9-14-18(11-23)28-20(21-14)22-19(24)17-8-7-13(27-17)12-26-16-6-4-3-5-15(16)25-2/h3-8H,9-12H2,1-2H3,(H,21,22,24). The van der Waals surface area contributed by atoms with Crippen LogP contribution in [0.15, 0.2) is 40.8 Å². The van der Waals surface area contributed by atoms with Gasteiger partial charge in [0.15, 0.2) is 22.4 Å². The van der Waals surface area contributed by atoms with Gasteiger partial charge in [0.05, 0.1) is 12.8 Å². The molecule has 1 aliphatic heterocycles. The van der Waals surface area contributed by atoms with Gasteiger partial charge in [0.2, 0.25) is 0 Å². The largest absolute Gasteiger partial charge is 0.493 e. The van der Waals surface area contributed by atoms with Gasteiger partial charge in [-0.15, -0.1) is 11.3 Å². The Labute approximate surface area is 166 Å². The highest BCUT2D eigenvalue weighted by molar-refractivity contribution is 7.15. The fourth-order valence-electron chi connectivity index (χ4n) is 3.00. The number of rotatable bonds is 6. The average molecular weight is 399 g/mol. The summed E-state index contributed by atoms with van der Waals surface area (Å²) in [6, 6.07) is 10.7. The zero-order valence-electron chi connectivity index (χ0n) is 15.7. The van der Waals surface area contributed by atoms with E-state index in [4.69, 9.17) is 13.9 Å². The van der Waals surface area contributed by atoms with E-state index >= 15 is 0 Å². The van der Waals surface area contributed by atoms with Crippen LogP contribution in [-0.4, -0.2) is 36.5 Å². The summed E-state index contributed by atoms with van der Waals surface area (Å²) >= 11 is 1.52. The van der Waals surface area contributed by atoms with Gasteiger partial charge < -0.3 is 18.8 Å². The molecule has 3 aromatic rings. The molecular weight excluding hydrogens is 378 g/mol. The van der Waals surface area contributed by atoms with Crippen molar-refractivity contribution in [2.24, 2.45) is 0 Å². The van der Waals surface area contributed by atoms with Crippen molar-refractivity contribution in [1.29, 1.82) is 0 Å². The van der Waals surface area contributed by atoms with Crippen LogP contribution >= 0.6 is 11.3 Å². The van der Waals surface area contributed by atoms with Crippen LogP contribution in [0, 0.1) is 0 Å². The van der Waals surface area contributed by atoms with E-state index in [1.165, 1.54) is 16.2 Å². The van der Waals surface area contributed by atoms with Gasteiger partial charge in [-0.2, -0.15) is 0 Å². The fraction of sp³-hybridized carbons (Fsp3) is 0.300. The molecule has 0 atom stereocenters. The van der Waals surface area contributed by atoms with Crippen molar-refractivity contribution < 1.29 is 18.7 Å². The van der Waals surface area contributed by atoms with Crippen LogP contribution in [0.5, 0.6) is 11.5 Å². The minimum atomic E-state index is -0.317. The first-order valence-electron chi connectivity index (χ1n) is 8.95. The Morgan fingerprint density at radius 2 is 2.11 bits per heavy atom. The Bertz CT molecular complexity index is 981. The molecule has 0 bridgehead atoms. The molecule has 4 rings (SSSR count). The van der Waals surface area contributed by atoms with Crippen LogP contribution in [0.2, 0.25) is 0 Å². The zero-order chi connectivity index (χ0) is 19.5. The molecule has 0 saturated heterocycles. The lowest BCUT2D eigenvalue weighted by Gasteiger charge is -2.20. The second-order valence-electron chi connectivity index (χ2n) is 6.54.